The number of carbonyl (C=O) groups excluding carboxylic acids is 1. The molecule has 0 aromatic heterocycles. The number of amides is 1. The molecule has 0 aliphatic carbocycles. The Morgan fingerprint density at radius 1 is 0.957 bits per heavy atom. The Bertz CT molecular complexity index is 697. The summed E-state index contributed by atoms with van der Waals surface area (Å²) in [5.41, 5.74) is 2.49. The largest absolute Gasteiger partial charge is 0.497 e. The Kier molecular flexibility index (Phi) is 5.46. The van der Waals surface area contributed by atoms with Crippen molar-refractivity contribution in [2.45, 2.75) is 13.3 Å². The van der Waals surface area contributed by atoms with Gasteiger partial charge in [-0.2, -0.15) is 0 Å². The number of benzene rings is 2. The molecule has 0 atom stereocenters. The van der Waals surface area contributed by atoms with Gasteiger partial charge in [-0.25, -0.2) is 0 Å². The third kappa shape index (κ3) is 4.16. The predicted octanol–water partition coefficient (Wildman–Crippen LogP) is 3.20. The average molecular weight is 315 g/mol. The Hall–Kier alpha value is -2.69. The lowest BCUT2D eigenvalue weighted by Crippen LogP contribution is -2.15. The molecule has 122 valence electrons. The van der Waals surface area contributed by atoms with E-state index in [0.717, 1.165) is 16.9 Å². The van der Waals surface area contributed by atoms with Crippen LogP contribution in [0.3, 0.4) is 0 Å². The summed E-state index contributed by atoms with van der Waals surface area (Å²) in [5.74, 6) is 1.87. The van der Waals surface area contributed by atoms with Gasteiger partial charge >= 0.3 is 0 Å². The Morgan fingerprint density at radius 3 is 2.35 bits per heavy atom. The molecule has 0 saturated carbocycles. The van der Waals surface area contributed by atoms with Gasteiger partial charge in [0.25, 0.3) is 0 Å². The molecule has 0 spiro atoms. The van der Waals surface area contributed by atoms with Crippen molar-refractivity contribution in [1.82, 2.24) is 0 Å². The number of hydrogen-bond donors (Lipinski definition) is 1. The molecule has 0 unspecified atom stereocenters. The van der Waals surface area contributed by atoms with Crippen molar-refractivity contribution in [3.8, 4) is 17.2 Å². The molecule has 0 aliphatic rings. The van der Waals surface area contributed by atoms with E-state index in [2.05, 4.69) is 5.32 Å². The maximum absolute atomic E-state index is 12.3. The monoisotopic (exact) mass is 315 g/mol. The highest BCUT2D eigenvalue weighted by molar-refractivity contribution is 5.94. The molecule has 2 aromatic rings. The van der Waals surface area contributed by atoms with Crippen molar-refractivity contribution in [2.75, 3.05) is 26.6 Å². The quantitative estimate of drug-likeness (QED) is 0.889. The Labute approximate surface area is 136 Å². The van der Waals surface area contributed by atoms with Crippen LogP contribution < -0.4 is 19.5 Å². The second-order valence-corrected chi connectivity index (χ2v) is 5.10. The van der Waals surface area contributed by atoms with Gasteiger partial charge in [0, 0.05) is 6.07 Å². The third-order valence-corrected chi connectivity index (χ3v) is 3.52. The zero-order valence-electron chi connectivity index (χ0n) is 13.8. The predicted molar refractivity (Wildman–Crippen MR) is 89.6 cm³/mol. The van der Waals surface area contributed by atoms with Crippen LogP contribution in [0.1, 0.15) is 11.1 Å². The minimum Gasteiger partial charge on any atom is -0.497 e. The number of methoxy groups -OCH3 is 3. The van der Waals surface area contributed by atoms with E-state index in [1.165, 1.54) is 0 Å². The van der Waals surface area contributed by atoms with Crippen LogP contribution in [0.15, 0.2) is 36.4 Å². The number of nitrogens with one attached hydrogen (secondary N) is 1. The fourth-order valence-corrected chi connectivity index (χ4v) is 2.27. The first-order valence-corrected chi connectivity index (χ1v) is 7.22. The van der Waals surface area contributed by atoms with Crippen molar-refractivity contribution < 1.29 is 19.0 Å². The third-order valence-electron chi connectivity index (χ3n) is 3.52. The summed E-state index contributed by atoms with van der Waals surface area (Å²) < 4.78 is 15.7. The summed E-state index contributed by atoms with van der Waals surface area (Å²) in [6.07, 6.45) is 0.247. The van der Waals surface area contributed by atoms with Crippen molar-refractivity contribution in [3.05, 3.63) is 47.5 Å². The van der Waals surface area contributed by atoms with Gasteiger partial charge in [0.2, 0.25) is 5.91 Å². The van der Waals surface area contributed by atoms with Gasteiger partial charge in [-0.15, -0.1) is 0 Å². The lowest BCUT2D eigenvalue weighted by molar-refractivity contribution is -0.115. The van der Waals surface area contributed by atoms with Crippen LogP contribution >= 0.6 is 0 Å². The Morgan fingerprint density at radius 2 is 1.70 bits per heavy atom. The second kappa shape index (κ2) is 7.54. The fraction of sp³-hybridized carbons (Fsp3) is 0.278. The van der Waals surface area contributed by atoms with Crippen molar-refractivity contribution in [3.63, 3.8) is 0 Å². The topological polar surface area (TPSA) is 56.8 Å². The van der Waals surface area contributed by atoms with Gasteiger partial charge < -0.3 is 19.5 Å². The maximum Gasteiger partial charge on any atom is 0.228 e. The van der Waals surface area contributed by atoms with Gasteiger partial charge in [-0.3, -0.25) is 4.79 Å². The zero-order chi connectivity index (χ0) is 16.8. The highest BCUT2D eigenvalue weighted by Crippen LogP contribution is 2.29. The average Bonchev–Trinajstić information content (AvgIpc) is 2.56. The molecule has 0 bridgehead atoms. The van der Waals surface area contributed by atoms with E-state index in [9.17, 15) is 4.79 Å². The smallest absolute Gasteiger partial charge is 0.228 e. The number of hydrogen-bond acceptors (Lipinski definition) is 4. The zero-order valence-corrected chi connectivity index (χ0v) is 13.8. The van der Waals surface area contributed by atoms with Crippen molar-refractivity contribution in [1.29, 1.82) is 0 Å². The molecule has 2 aromatic carbocycles. The van der Waals surface area contributed by atoms with Crippen LogP contribution in [0.2, 0.25) is 0 Å². The summed E-state index contributed by atoms with van der Waals surface area (Å²) >= 11 is 0. The number of aryl methyl sites for hydroxylation is 1. The first-order chi connectivity index (χ1) is 11.1. The highest BCUT2D eigenvalue weighted by Gasteiger charge is 2.11. The van der Waals surface area contributed by atoms with E-state index in [-0.39, 0.29) is 12.3 Å². The number of carbonyl (C=O) groups is 1. The standard InChI is InChI=1S/C18H21NO4/c1-12-5-6-13(9-17(12)23-4)10-18(20)19-15-11-14(21-2)7-8-16(15)22-3/h5-9,11H,10H2,1-4H3,(H,19,20). The number of rotatable bonds is 6. The summed E-state index contributed by atoms with van der Waals surface area (Å²) in [6.45, 7) is 1.96. The SMILES string of the molecule is COc1ccc(OC)c(NC(=O)Cc2ccc(C)c(OC)c2)c1. The fourth-order valence-electron chi connectivity index (χ4n) is 2.27. The molecular formula is C18H21NO4. The van der Waals surface area contributed by atoms with Gasteiger partial charge in [0.15, 0.2) is 0 Å². The van der Waals surface area contributed by atoms with E-state index >= 15 is 0 Å². The van der Waals surface area contributed by atoms with Gasteiger partial charge in [-0.05, 0) is 36.2 Å². The van der Waals surface area contributed by atoms with Crippen LogP contribution in [0.4, 0.5) is 5.69 Å². The molecular weight excluding hydrogens is 294 g/mol. The van der Waals surface area contributed by atoms with Crippen LogP contribution in [-0.4, -0.2) is 27.2 Å². The van der Waals surface area contributed by atoms with E-state index in [1.54, 1.807) is 39.5 Å². The first-order valence-electron chi connectivity index (χ1n) is 7.22. The summed E-state index contributed by atoms with van der Waals surface area (Å²) in [5, 5.41) is 2.85. The molecule has 1 N–H and O–H groups in total. The molecule has 2 rings (SSSR count). The van der Waals surface area contributed by atoms with Crippen LogP contribution in [0.5, 0.6) is 17.2 Å². The molecule has 23 heavy (non-hydrogen) atoms. The Balaban J connectivity index is 2.13. The van der Waals surface area contributed by atoms with Gasteiger partial charge in [-0.1, -0.05) is 12.1 Å². The minimum absolute atomic E-state index is 0.137. The molecule has 0 heterocycles. The second-order valence-electron chi connectivity index (χ2n) is 5.10. The molecule has 0 radical (unpaired) electrons. The summed E-state index contributed by atoms with van der Waals surface area (Å²) in [4.78, 5) is 12.3. The number of ether oxygens (including phenoxy) is 3. The van der Waals surface area contributed by atoms with E-state index in [0.29, 0.717) is 17.2 Å². The molecule has 0 aliphatic heterocycles. The molecule has 0 fully saturated rings. The maximum atomic E-state index is 12.3. The van der Waals surface area contributed by atoms with Gasteiger partial charge in [0.1, 0.15) is 17.2 Å². The van der Waals surface area contributed by atoms with Crippen molar-refractivity contribution in [2.24, 2.45) is 0 Å². The lowest BCUT2D eigenvalue weighted by Gasteiger charge is -2.12. The van der Waals surface area contributed by atoms with E-state index in [4.69, 9.17) is 14.2 Å². The summed E-state index contributed by atoms with van der Waals surface area (Å²) in [7, 11) is 4.75. The lowest BCUT2D eigenvalue weighted by atomic mass is 10.1. The molecule has 5 heteroatoms. The molecule has 0 saturated heterocycles. The van der Waals surface area contributed by atoms with Crippen LogP contribution in [0.25, 0.3) is 0 Å². The van der Waals surface area contributed by atoms with Crippen LogP contribution in [0, 0.1) is 6.92 Å². The number of anilines is 1. The molecule has 1 amide bonds. The summed E-state index contributed by atoms with van der Waals surface area (Å²) in [6, 6.07) is 11.0. The molecule has 5 nitrogen and oxygen atoms in total. The van der Waals surface area contributed by atoms with E-state index < -0.39 is 0 Å². The minimum atomic E-state index is -0.137. The highest BCUT2D eigenvalue weighted by atomic mass is 16.5. The van der Waals surface area contributed by atoms with E-state index in [1.807, 2.05) is 25.1 Å². The van der Waals surface area contributed by atoms with Gasteiger partial charge in [0.05, 0.1) is 33.4 Å². The van der Waals surface area contributed by atoms with Crippen molar-refractivity contribution >= 4 is 11.6 Å². The van der Waals surface area contributed by atoms with Crippen LogP contribution in [-0.2, 0) is 11.2 Å². The normalized spacial score (nSPS) is 10.1. The first kappa shape index (κ1) is 16.7.